The quantitative estimate of drug-likeness (QED) is 0.543. The number of carbonyl (C=O) groups is 1. The fraction of sp³-hybridized carbons (Fsp3) is 0.348. The van der Waals surface area contributed by atoms with Crippen LogP contribution in [0.15, 0.2) is 42.5 Å². The summed E-state index contributed by atoms with van der Waals surface area (Å²) < 4.78 is 6.57. The standard InChI is InChI=1S/C23H26AsN4O2/c1-4-30-22-21(25-19-7-5-6-8-20(19)26-22)24-23(29)28-11-9-27(10-12-28)18-14-16(2)13-17(3)15-18/h5-8,13-15H,4,9-12H2,1-3H3. The van der Waals surface area contributed by atoms with Crippen LogP contribution in [0.2, 0.25) is 0 Å². The molecule has 1 aliphatic rings. The third-order valence-corrected chi connectivity index (χ3v) is 7.18. The van der Waals surface area contributed by atoms with Gasteiger partial charge >= 0.3 is 184 Å². The van der Waals surface area contributed by atoms with Crippen LogP contribution in [-0.4, -0.2) is 68.1 Å². The number of aryl methyl sites for hydroxylation is 2. The molecule has 0 spiro atoms. The zero-order valence-electron chi connectivity index (χ0n) is 17.6. The molecule has 6 nitrogen and oxygen atoms in total. The van der Waals surface area contributed by atoms with E-state index in [2.05, 4.69) is 41.9 Å². The second-order valence-corrected chi connectivity index (χ2v) is 9.65. The van der Waals surface area contributed by atoms with Crippen molar-refractivity contribution >= 4 is 41.6 Å². The fourth-order valence-corrected chi connectivity index (χ4v) is 5.60. The second kappa shape index (κ2) is 9.05. The van der Waals surface area contributed by atoms with Crippen molar-refractivity contribution in [3.05, 3.63) is 53.6 Å². The summed E-state index contributed by atoms with van der Waals surface area (Å²) in [5.41, 5.74) is 5.38. The number of hydrogen-bond acceptors (Lipinski definition) is 5. The topological polar surface area (TPSA) is 58.6 Å². The number of aromatic nitrogens is 2. The molecular formula is C23H26AsN4O2. The Labute approximate surface area is 183 Å². The number of piperazine rings is 1. The molecule has 1 aliphatic heterocycles. The molecule has 0 saturated carbocycles. The molecule has 1 aromatic heterocycles. The van der Waals surface area contributed by atoms with Crippen molar-refractivity contribution in [2.24, 2.45) is 0 Å². The third kappa shape index (κ3) is 4.59. The van der Waals surface area contributed by atoms with Crippen LogP contribution in [0.4, 0.5) is 10.5 Å². The number of hydrogen-bond donors (Lipinski definition) is 0. The first-order chi connectivity index (χ1) is 14.5. The van der Waals surface area contributed by atoms with E-state index in [9.17, 15) is 4.79 Å². The van der Waals surface area contributed by atoms with E-state index in [1.807, 2.05) is 36.1 Å². The Balaban J connectivity index is 1.45. The number of anilines is 1. The Kier molecular flexibility index (Phi) is 6.23. The zero-order valence-corrected chi connectivity index (χ0v) is 19.5. The molecule has 30 heavy (non-hydrogen) atoms. The first kappa shape index (κ1) is 20.7. The fourth-order valence-electron chi connectivity index (χ4n) is 3.73. The SMILES string of the molecule is CCOc1nc2ccccc2nc1[As]C(=O)N1CCN(c2cc(C)cc(C)c2)CC1. The molecular weight excluding hydrogens is 439 g/mol. The van der Waals surface area contributed by atoms with E-state index in [0.29, 0.717) is 17.0 Å². The molecule has 0 aliphatic carbocycles. The van der Waals surface area contributed by atoms with Gasteiger partial charge in [0.25, 0.3) is 0 Å². The van der Waals surface area contributed by atoms with E-state index in [-0.39, 0.29) is 4.69 Å². The summed E-state index contributed by atoms with van der Waals surface area (Å²) in [6, 6.07) is 14.3. The molecule has 4 rings (SSSR count). The van der Waals surface area contributed by atoms with Crippen molar-refractivity contribution in [1.82, 2.24) is 14.9 Å². The van der Waals surface area contributed by atoms with E-state index in [0.717, 1.165) is 37.2 Å². The van der Waals surface area contributed by atoms with Crippen LogP contribution in [-0.2, 0) is 0 Å². The maximum atomic E-state index is 13.0. The molecule has 2 aromatic carbocycles. The van der Waals surface area contributed by atoms with E-state index >= 15 is 0 Å². The van der Waals surface area contributed by atoms with E-state index < -0.39 is 15.8 Å². The van der Waals surface area contributed by atoms with Crippen LogP contribution < -0.4 is 14.1 Å². The first-order valence-electron chi connectivity index (χ1n) is 10.3. The number of ether oxygens (including phenoxy) is 1. The summed E-state index contributed by atoms with van der Waals surface area (Å²) in [7, 11) is 0. The average Bonchev–Trinajstić information content (AvgIpc) is 2.73. The minimum atomic E-state index is -0.805. The molecule has 1 amide bonds. The Hall–Kier alpha value is -2.59. The van der Waals surface area contributed by atoms with Crippen molar-refractivity contribution in [2.45, 2.75) is 20.8 Å². The molecule has 0 atom stereocenters. The second-order valence-electron chi connectivity index (χ2n) is 7.49. The minimum absolute atomic E-state index is 0.164. The molecule has 3 aromatic rings. The van der Waals surface area contributed by atoms with Gasteiger partial charge in [-0.2, -0.15) is 0 Å². The summed E-state index contributed by atoms with van der Waals surface area (Å²) in [6.45, 7) is 9.82. The van der Waals surface area contributed by atoms with Gasteiger partial charge in [-0.25, -0.2) is 0 Å². The van der Waals surface area contributed by atoms with Crippen LogP contribution in [0.25, 0.3) is 11.0 Å². The van der Waals surface area contributed by atoms with Gasteiger partial charge < -0.3 is 0 Å². The van der Waals surface area contributed by atoms with Gasteiger partial charge in [0.05, 0.1) is 0 Å². The Bertz CT molecular complexity index is 1040. The Morgan fingerprint density at radius 1 is 1.00 bits per heavy atom. The number of carbonyl (C=O) groups excluding carboxylic acids is 1. The molecule has 0 N–H and O–H groups in total. The molecule has 0 bridgehead atoms. The van der Waals surface area contributed by atoms with Crippen LogP contribution in [0.5, 0.6) is 5.88 Å². The van der Waals surface area contributed by atoms with Crippen LogP contribution in [0.3, 0.4) is 0 Å². The maximum absolute atomic E-state index is 13.0. The number of fused-ring (bicyclic) bond motifs is 1. The summed E-state index contributed by atoms with van der Waals surface area (Å²) in [5.74, 6) is 0.499. The van der Waals surface area contributed by atoms with Gasteiger partial charge in [0, 0.05) is 0 Å². The number of amides is 1. The molecule has 2 heterocycles. The van der Waals surface area contributed by atoms with E-state index in [1.54, 1.807) is 0 Å². The van der Waals surface area contributed by atoms with Crippen molar-refractivity contribution < 1.29 is 9.53 Å². The summed E-state index contributed by atoms with van der Waals surface area (Å²) in [6.07, 6.45) is 0. The monoisotopic (exact) mass is 465 g/mol. The molecule has 1 radical (unpaired) electrons. The van der Waals surface area contributed by atoms with E-state index in [4.69, 9.17) is 9.72 Å². The van der Waals surface area contributed by atoms with Gasteiger partial charge in [0.2, 0.25) is 0 Å². The number of rotatable bonds is 5. The molecule has 1 fully saturated rings. The molecule has 1 saturated heterocycles. The van der Waals surface area contributed by atoms with Gasteiger partial charge in [0.15, 0.2) is 0 Å². The van der Waals surface area contributed by atoms with Crippen LogP contribution in [0, 0.1) is 13.8 Å². The predicted molar refractivity (Wildman–Crippen MR) is 121 cm³/mol. The van der Waals surface area contributed by atoms with Crippen LogP contribution in [0.1, 0.15) is 18.1 Å². The van der Waals surface area contributed by atoms with Crippen molar-refractivity contribution in [3.8, 4) is 5.88 Å². The zero-order chi connectivity index (χ0) is 21.1. The summed E-state index contributed by atoms with van der Waals surface area (Å²) in [4.78, 5) is 26.7. The summed E-state index contributed by atoms with van der Waals surface area (Å²) >= 11 is -0.805. The Morgan fingerprint density at radius 3 is 2.27 bits per heavy atom. The molecule has 7 heteroatoms. The van der Waals surface area contributed by atoms with E-state index in [1.165, 1.54) is 16.8 Å². The average molecular weight is 465 g/mol. The van der Waals surface area contributed by atoms with Crippen molar-refractivity contribution in [1.29, 1.82) is 0 Å². The first-order valence-corrected chi connectivity index (χ1v) is 12.1. The van der Waals surface area contributed by atoms with Crippen molar-refractivity contribution in [3.63, 3.8) is 0 Å². The van der Waals surface area contributed by atoms with Gasteiger partial charge in [0.1, 0.15) is 0 Å². The van der Waals surface area contributed by atoms with Gasteiger partial charge in [-0.05, 0) is 0 Å². The predicted octanol–water partition coefficient (Wildman–Crippen LogP) is 2.92. The molecule has 0 unspecified atom stereocenters. The van der Waals surface area contributed by atoms with Crippen LogP contribution >= 0.6 is 0 Å². The normalized spacial score (nSPS) is 14.6. The van der Waals surface area contributed by atoms with Gasteiger partial charge in [-0.1, -0.05) is 0 Å². The number of para-hydroxylation sites is 2. The van der Waals surface area contributed by atoms with Gasteiger partial charge in [-0.15, -0.1) is 0 Å². The number of nitrogens with zero attached hydrogens (tertiary/aromatic N) is 4. The molecule has 155 valence electrons. The Morgan fingerprint density at radius 2 is 1.63 bits per heavy atom. The van der Waals surface area contributed by atoms with Gasteiger partial charge in [-0.3, -0.25) is 0 Å². The van der Waals surface area contributed by atoms with Crippen molar-refractivity contribution in [2.75, 3.05) is 37.7 Å². The summed E-state index contributed by atoms with van der Waals surface area (Å²) in [5, 5.41) is 0. The third-order valence-electron chi connectivity index (χ3n) is 5.13. The number of benzene rings is 2.